The standard InChI is InChI=1S/C28H24N4O8/c1-37-25-11-17(23(31(33)34)13-27(25)39-3)15-29-21-9-5-8-20-19(21)7-6-10-22(20)30-16-18-12-26(38-2)28(40-4)14-24(18)32(35)36/h5-16H,1-4H3. The molecule has 0 fully saturated rings. The average molecular weight is 545 g/mol. The third-order valence-corrected chi connectivity index (χ3v) is 6.02. The molecule has 0 aliphatic rings. The Morgan fingerprint density at radius 1 is 0.600 bits per heavy atom. The van der Waals surface area contributed by atoms with Gasteiger partial charge >= 0.3 is 0 Å². The van der Waals surface area contributed by atoms with Crippen molar-refractivity contribution < 1.29 is 28.8 Å². The molecule has 40 heavy (non-hydrogen) atoms. The number of rotatable bonds is 10. The predicted octanol–water partition coefficient (Wildman–Crippen LogP) is 6.19. The van der Waals surface area contributed by atoms with Gasteiger partial charge in [-0.3, -0.25) is 30.2 Å². The summed E-state index contributed by atoms with van der Waals surface area (Å²) >= 11 is 0. The number of nitro groups is 2. The number of aliphatic imine (C=N–C) groups is 2. The van der Waals surface area contributed by atoms with Crippen molar-refractivity contribution in [3.05, 3.63) is 92.0 Å². The molecule has 0 N–H and O–H groups in total. The quantitative estimate of drug-likeness (QED) is 0.130. The number of nitrogens with zero attached hydrogens (tertiary/aromatic N) is 4. The number of methoxy groups -OCH3 is 4. The molecule has 0 amide bonds. The van der Waals surface area contributed by atoms with Crippen LogP contribution < -0.4 is 18.9 Å². The maximum Gasteiger partial charge on any atom is 0.282 e. The molecule has 0 radical (unpaired) electrons. The van der Waals surface area contributed by atoms with Gasteiger partial charge in [-0.25, -0.2) is 0 Å². The zero-order valence-electron chi connectivity index (χ0n) is 22.0. The van der Waals surface area contributed by atoms with E-state index in [0.29, 0.717) is 22.9 Å². The summed E-state index contributed by atoms with van der Waals surface area (Å²) in [6, 6.07) is 16.3. The predicted molar refractivity (Wildman–Crippen MR) is 151 cm³/mol. The second-order valence-electron chi connectivity index (χ2n) is 8.21. The zero-order chi connectivity index (χ0) is 28.8. The molecular formula is C28H24N4O8. The molecule has 12 heteroatoms. The van der Waals surface area contributed by atoms with Crippen LogP contribution in [0.4, 0.5) is 22.7 Å². The van der Waals surface area contributed by atoms with Crippen molar-refractivity contribution in [3.63, 3.8) is 0 Å². The summed E-state index contributed by atoms with van der Waals surface area (Å²) in [5, 5.41) is 24.8. The minimum Gasteiger partial charge on any atom is -0.493 e. The molecule has 0 aliphatic carbocycles. The molecule has 0 spiro atoms. The highest BCUT2D eigenvalue weighted by atomic mass is 16.6. The second kappa shape index (κ2) is 11.9. The molecule has 204 valence electrons. The first-order chi connectivity index (χ1) is 19.3. The molecular weight excluding hydrogens is 520 g/mol. The monoisotopic (exact) mass is 544 g/mol. The number of benzene rings is 4. The van der Waals surface area contributed by atoms with Crippen LogP contribution in [-0.2, 0) is 0 Å². The van der Waals surface area contributed by atoms with Crippen molar-refractivity contribution in [2.75, 3.05) is 28.4 Å². The lowest BCUT2D eigenvalue weighted by Gasteiger charge is -2.09. The zero-order valence-corrected chi connectivity index (χ0v) is 22.0. The van der Waals surface area contributed by atoms with E-state index >= 15 is 0 Å². The first-order valence-electron chi connectivity index (χ1n) is 11.7. The first-order valence-corrected chi connectivity index (χ1v) is 11.7. The van der Waals surface area contributed by atoms with Gasteiger partial charge in [0, 0.05) is 23.2 Å². The summed E-state index contributed by atoms with van der Waals surface area (Å²) in [6.45, 7) is 0. The lowest BCUT2D eigenvalue weighted by atomic mass is 10.1. The first kappa shape index (κ1) is 27.5. The van der Waals surface area contributed by atoms with E-state index in [2.05, 4.69) is 9.98 Å². The lowest BCUT2D eigenvalue weighted by Crippen LogP contribution is -1.98. The molecule has 4 aromatic rings. The van der Waals surface area contributed by atoms with Gasteiger partial charge in [-0.05, 0) is 24.3 Å². The molecule has 0 unspecified atom stereocenters. The van der Waals surface area contributed by atoms with E-state index in [9.17, 15) is 20.2 Å². The van der Waals surface area contributed by atoms with Crippen LogP contribution in [0.1, 0.15) is 11.1 Å². The van der Waals surface area contributed by atoms with Crippen LogP contribution >= 0.6 is 0 Å². The number of fused-ring (bicyclic) bond motifs is 1. The molecule has 4 aromatic carbocycles. The topological polar surface area (TPSA) is 148 Å². The van der Waals surface area contributed by atoms with Gasteiger partial charge in [-0.2, -0.15) is 0 Å². The van der Waals surface area contributed by atoms with Crippen molar-refractivity contribution in [2.45, 2.75) is 0 Å². The van der Waals surface area contributed by atoms with Crippen LogP contribution in [0.25, 0.3) is 10.8 Å². The van der Waals surface area contributed by atoms with E-state index < -0.39 is 9.85 Å². The molecule has 0 atom stereocenters. The lowest BCUT2D eigenvalue weighted by molar-refractivity contribution is -0.385. The van der Waals surface area contributed by atoms with E-state index in [1.807, 2.05) is 12.1 Å². The van der Waals surface area contributed by atoms with Gasteiger partial charge in [0.25, 0.3) is 11.4 Å². The van der Waals surface area contributed by atoms with E-state index in [1.54, 1.807) is 24.3 Å². The van der Waals surface area contributed by atoms with Crippen LogP contribution in [-0.4, -0.2) is 50.7 Å². The molecule has 0 aliphatic heterocycles. The van der Waals surface area contributed by atoms with E-state index in [-0.39, 0.29) is 34.0 Å². The number of hydrogen-bond acceptors (Lipinski definition) is 10. The number of nitro benzene ring substituents is 2. The van der Waals surface area contributed by atoms with Gasteiger partial charge < -0.3 is 18.9 Å². The molecule has 0 saturated carbocycles. The fourth-order valence-electron chi connectivity index (χ4n) is 4.07. The van der Waals surface area contributed by atoms with Crippen LogP contribution in [0, 0.1) is 20.2 Å². The molecule has 0 saturated heterocycles. The van der Waals surface area contributed by atoms with Gasteiger partial charge in [0.15, 0.2) is 23.0 Å². The van der Waals surface area contributed by atoms with Crippen LogP contribution in [0.15, 0.2) is 70.6 Å². The van der Waals surface area contributed by atoms with Crippen molar-refractivity contribution in [2.24, 2.45) is 9.98 Å². The largest absolute Gasteiger partial charge is 0.493 e. The molecule has 0 bridgehead atoms. The van der Waals surface area contributed by atoms with Gasteiger partial charge in [-0.15, -0.1) is 0 Å². The van der Waals surface area contributed by atoms with Gasteiger partial charge in [0.1, 0.15) is 0 Å². The Labute approximate surface area is 228 Å². The van der Waals surface area contributed by atoms with Gasteiger partial charge in [0.2, 0.25) is 0 Å². The molecule has 0 heterocycles. The SMILES string of the molecule is COc1cc(C=Nc2cccc3c(N=Cc4cc(OC)c(OC)cc4[N+](=O)[O-])cccc23)c([N+](=O)[O-])cc1OC. The fourth-order valence-corrected chi connectivity index (χ4v) is 4.07. The van der Waals surface area contributed by atoms with E-state index in [4.69, 9.17) is 18.9 Å². The second-order valence-corrected chi connectivity index (χ2v) is 8.21. The Morgan fingerprint density at radius 2 is 0.950 bits per heavy atom. The number of ether oxygens (including phenoxy) is 4. The highest BCUT2D eigenvalue weighted by molar-refractivity contribution is 6.03. The Bertz CT molecular complexity index is 1540. The highest BCUT2D eigenvalue weighted by Gasteiger charge is 2.20. The van der Waals surface area contributed by atoms with Gasteiger partial charge in [0.05, 0.1) is 72.9 Å². The molecule has 12 nitrogen and oxygen atoms in total. The van der Waals surface area contributed by atoms with Crippen LogP contribution in [0.3, 0.4) is 0 Å². The van der Waals surface area contributed by atoms with Crippen molar-refractivity contribution in [1.29, 1.82) is 0 Å². The van der Waals surface area contributed by atoms with Crippen molar-refractivity contribution in [1.82, 2.24) is 0 Å². The Hall–Kier alpha value is -5.52. The number of hydrogen-bond donors (Lipinski definition) is 0. The van der Waals surface area contributed by atoms with Crippen LogP contribution in [0.2, 0.25) is 0 Å². The minimum absolute atomic E-state index is 0.191. The van der Waals surface area contributed by atoms with E-state index in [0.717, 1.165) is 10.8 Å². The van der Waals surface area contributed by atoms with Crippen molar-refractivity contribution in [3.8, 4) is 23.0 Å². The maximum absolute atomic E-state index is 11.7. The third kappa shape index (κ3) is 5.50. The Morgan fingerprint density at radius 3 is 1.27 bits per heavy atom. The highest BCUT2D eigenvalue weighted by Crippen LogP contribution is 2.37. The summed E-state index contributed by atoms with van der Waals surface area (Å²) in [6.07, 6.45) is 2.77. The van der Waals surface area contributed by atoms with Crippen LogP contribution in [0.5, 0.6) is 23.0 Å². The van der Waals surface area contributed by atoms with Gasteiger partial charge in [-0.1, -0.05) is 24.3 Å². The summed E-state index contributed by atoms with van der Waals surface area (Å²) in [4.78, 5) is 31.3. The summed E-state index contributed by atoms with van der Waals surface area (Å²) in [5.41, 5.74) is 1.16. The molecule has 4 rings (SSSR count). The summed E-state index contributed by atoms with van der Waals surface area (Å²) in [7, 11) is 5.67. The molecule has 0 aromatic heterocycles. The fraction of sp³-hybridized carbons (Fsp3) is 0.143. The summed E-state index contributed by atoms with van der Waals surface area (Å²) in [5.74, 6) is 1.11. The Balaban J connectivity index is 1.77. The third-order valence-electron chi connectivity index (χ3n) is 6.02. The minimum atomic E-state index is -0.521. The van der Waals surface area contributed by atoms with E-state index in [1.165, 1.54) is 65.1 Å². The normalized spacial score (nSPS) is 11.2. The maximum atomic E-state index is 11.7. The smallest absolute Gasteiger partial charge is 0.282 e. The Kier molecular flexibility index (Phi) is 8.19. The average Bonchev–Trinajstić information content (AvgIpc) is 2.97. The van der Waals surface area contributed by atoms with Crippen molar-refractivity contribution >= 4 is 46.0 Å². The summed E-state index contributed by atoms with van der Waals surface area (Å²) < 4.78 is 20.9.